The van der Waals surface area contributed by atoms with Gasteiger partial charge in [0, 0.05) is 10.6 Å². The van der Waals surface area contributed by atoms with E-state index in [4.69, 9.17) is 26.9 Å². The van der Waals surface area contributed by atoms with E-state index < -0.39 is 0 Å². The van der Waals surface area contributed by atoms with Crippen molar-refractivity contribution in [2.75, 3.05) is 14.2 Å². The van der Waals surface area contributed by atoms with Crippen LogP contribution in [0, 0.1) is 6.92 Å². The number of halogens is 1. The quantitative estimate of drug-likeness (QED) is 0.658. The van der Waals surface area contributed by atoms with E-state index in [9.17, 15) is 0 Å². The predicted molar refractivity (Wildman–Crippen MR) is 84.9 cm³/mol. The molecule has 2 aromatic carbocycles. The first-order valence-electron chi connectivity index (χ1n) is 6.54. The van der Waals surface area contributed by atoms with E-state index in [0.717, 1.165) is 28.2 Å². The zero-order chi connectivity index (χ0) is 15.4. The molecule has 3 N–H and O–H groups in total. The van der Waals surface area contributed by atoms with E-state index in [1.165, 1.54) is 0 Å². The number of hydrogen-bond donors (Lipinski definition) is 2. The Morgan fingerprint density at radius 2 is 1.81 bits per heavy atom. The first-order chi connectivity index (χ1) is 10.1. The zero-order valence-electron chi connectivity index (χ0n) is 12.3. The van der Waals surface area contributed by atoms with Gasteiger partial charge in [-0.25, -0.2) is 5.43 Å². The summed E-state index contributed by atoms with van der Waals surface area (Å²) in [5, 5.41) is 0.636. The summed E-state index contributed by atoms with van der Waals surface area (Å²) >= 11 is 6.11. The van der Waals surface area contributed by atoms with Gasteiger partial charge in [0.2, 0.25) is 0 Å². The largest absolute Gasteiger partial charge is 0.497 e. The van der Waals surface area contributed by atoms with Gasteiger partial charge in [-0.2, -0.15) is 0 Å². The number of rotatable bonds is 5. The van der Waals surface area contributed by atoms with E-state index in [1.807, 2.05) is 37.3 Å². The maximum absolute atomic E-state index is 6.11. The lowest BCUT2D eigenvalue weighted by Crippen LogP contribution is -2.29. The molecule has 0 amide bonds. The number of nitrogens with one attached hydrogen (secondary N) is 1. The van der Waals surface area contributed by atoms with Crippen LogP contribution in [0.1, 0.15) is 22.7 Å². The topological polar surface area (TPSA) is 56.5 Å². The molecule has 112 valence electrons. The number of nitrogens with two attached hydrogens (primary N) is 1. The number of hydrogen-bond acceptors (Lipinski definition) is 4. The van der Waals surface area contributed by atoms with Crippen LogP contribution in [0.5, 0.6) is 11.5 Å². The van der Waals surface area contributed by atoms with Crippen LogP contribution < -0.4 is 20.7 Å². The summed E-state index contributed by atoms with van der Waals surface area (Å²) in [4.78, 5) is 0. The van der Waals surface area contributed by atoms with Crippen LogP contribution in [-0.2, 0) is 0 Å². The summed E-state index contributed by atoms with van der Waals surface area (Å²) in [5.41, 5.74) is 5.83. The Balaban J connectivity index is 2.51. The van der Waals surface area contributed by atoms with Gasteiger partial charge >= 0.3 is 0 Å². The maximum Gasteiger partial charge on any atom is 0.124 e. The molecular formula is C16H19ClN2O2. The normalized spacial score (nSPS) is 12.0. The molecule has 0 spiro atoms. The van der Waals surface area contributed by atoms with Crippen molar-refractivity contribution in [3.8, 4) is 11.5 Å². The molecule has 0 aliphatic carbocycles. The Bertz CT molecular complexity index is 632. The van der Waals surface area contributed by atoms with Gasteiger partial charge in [0.15, 0.2) is 0 Å². The fourth-order valence-electron chi connectivity index (χ4n) is 2.38. The standard InChI is InChI=1S/C16H19ClN2O2/c1-10-8-12(20-2)5-6-13(10)16(19-18)14-9-11(17)4-7-15(14)21-3/h4-9,16,19H,18H2,1-3H3. The van der Waals surface area contributed by atoms with E-state index in [1.54, 1.807) is 20.3 Å². The Labute approximate surface area is 129 Å². The van der Waals surface area contributed by atoms with Gasteiger partial charge in [0.1, 0.15) is 11.5 Å². The lowest BCUT2D eigenvalue weighted by Gasteiger charge is -2.22. The van der Waals surface area contributed by atoms with Crippen molar-refractivity contribution >= 4 is 11.6 Å². The Morgan fingerprint density at radius 1 is 1.05 bits per heavy atom. The second-order valence-corrected chi connectivity index (χ2v) is 5.14. The van der Waals surface area contributed by atoms with Gasteiger partial charge in [-0.3, -0.25) is 5.84 Å². The van der Waals surface area contributed by atoms with E-state index >= 15 is 0 Å². The molecule has 0 saturated carbocycles. The number of benzene rings is 2. The smallest absolute Gasteiger partial charge is 0.124 e. The summed E-state index contributed by atoms with van der Waals surface area (Å²) in [7, 11) is 3.27. The van der Waals surface area contributed by atoms with Crippen molar-refractivity contribution in [3.05, 3.63) is 58.1 Å². The van der Waals surface area contributed by atoms with Crippen molar-refractivity contribution in [2.24, 2.45) is 5.84 Å². The van der Waals surface area contributed by atoms with E-state index in [2.05, 4.69) is 5.43 Å². The Hall–Kier alpha value is -1.75. The zero-order valence-corrected chi connectivity index (χ0v) is 13.1. The lowest BCUT2D eigenvalue weighted by molar-refractivity contribution is 0.404. The second-order valence-electron chi connectivity index (χ2n) is 4.71. The van der Waals surface area contributed by atoms with Crippen LogP contribution >= 0.6 is 11.6 Å². The monoisotopic (exact) mass is 306 g/mol. The van der Waals surface area contributed by atoms with Crippen LogP contribution in [0.4, 0.5) is 0 Å². The molecule has 2 aromatic rings. The maximum atomic E-state index is 6.11. The van der Waals surface area contributed by atoms with Crippen molar-refractivity contribution in [2.45, 2.75) is 13.0 Å². The van der Waals surface area contributed by atoms with E-state index in [-0.39, 0.29) is 6.04 Å². The molecule has 4 nitrogen and oxygen atoms in total. The molecule has 1 atom stereocenters. The first-order valence-corrected chi connectivity index (χ1v) is 6.92. The second kappa shape index (κ2) is 6.80. The predicted octanol–water partition coefficient (Wildman–Crippen LogP) is 3.22. The van der Waals surface area contributed by atoms with Gasteiger partial charge in [-0.05, 0) is 48.4 Å². The molecule has 0 aliphatic rings. The fourth-order valence-corrected chi connectivity index (χ4v) is 2.56. The highest BCUT2D eigenvalue weighted by molar-refractivity contribution is 6.30. The van der Waals surface area contributed by atoms with Crippen molar-refractivity contribution in [1.82, 2.24) is 5.43 Å². The molecule has 2 rings (SSSR count). The third-order valence-corrected chi connectivity index (χ3v) is 3.69. The molecule has 0 radical (unpaired) electrons. The van der Waals surface area contributed by atoms with Crippen LogP contribution in [-0.4, -0.2) is 14.2 Å². The van der Waals surface area contributed by atoms with Gasteiger partial charge in [0.25, 0.3) is 0 Å². The summed E-state index contributed by atoms with van der Waals surface area (Å²) < 4.78 is 10.6. The molecule has 5 heteroatoms. The number of aryl methyl sites for hydroxylation is 1. The SMILES string of the molecule is COc1ccc(C(NN)c2cc(Cl)ccc2OC)c(C)c1. The van der Waals surface area contributed by atoms with Crippen molar-refractivity contribution < 1.29 is 9.47 Å². The van der Waals surface area contributed by atoms with E-state index in [0.29, 0.717) is 5.02 Å². The molecule has 0 bridgehead atoms. The molecule has 0 fully saturated rings. The van der Waals surface area contributed by atoms with Crippen LogP contribution in [0.3, 0.4) is 0 Å². The molecule has 0 aliphatic heterocycles. The summed E-state index contributed by atoms with van der Waals surface area (Å²) in [6.45, 7) is 2.01. The minimum absolute atomic E-state index is 0.218. The van der Waals surface area contributed by atoms with Crippen LogP contribution in [0.15, 0.2) is 36.4 Å². The third kappa shape index (κ3) is 3.29. The van der Waals surface area contributed by atoms with Crippen LogP contribution in [0.25, 0.3) is 0 Å². The average molecular weight is 307 g/mol. The average Bonchev–Trinajstić information content (AvgIpc) is 2.49. The van der Waals surface area contributed by atoms with Gasteiger partial charge in [-0.1, -0.05) is 17.7 Å². The molecule has 0 saturated heterocycles. The molecule has 21 heavy (non-hydrogen) atoms. The lowest BCUT2D eigenvalue weighted by atomic mass is 9.94. The highest BCUT2D eigenvalue weighted by atomic mass is 35.5. The summed E-state index contributed by atoms with van der Waals surface area (Å²) in [6, 6.07) is 11.1. The van der Waals surface area contributed by atoms with Gasteiger partial charge in [0.05, 0.1) is 20.3 Å². The molecular weight excluding hydrogens is 288 g/mol. The van der Waals surface area contributed by atoms with Crippen LogP contribution in [0.2, 0.25) is 5.02 Å². The first kappa shape index (κ1) is 15.6. The van der Waals surface area contributed by atoms with Gasteiger partial charge < -0.3 is 9.47 Å². The van der Waals surface area contributed by atoms with Gasteiger partial charge in [-0.15, -0.1) is 0 Å². The minimum Gasteiger partial charge on any atom is -0.497 e. The number of hydrazine groups is 1. The third-order valence-electron chi connectivity index (χ3n) is 3.46. The Morgan fingerprint density at radius 3 is 2.38 bits per heavy atom. The highest BCUT2D eigenvalue weighted by Crippen LogP contribution is 2.34. The summed E-state index contributed by atoms with van der Waals surface area (Å²) in [5.74, 6) is 7.31. The molecule has 1 unspecified atom stereocenters. The number of methoxy groups -OCH3 is 2. The van der Waals surface area contributed by atoms with Crippen molar-refractivity contribution in [3.63, 3.8) is 0 Å². The Kier molecular flexibility index (Phi) is 5.07. The summed E-state index contributed by atoms with van der Waals surface area (Å²) in [6.07, 6.45) is 0. The minimum atomic E-state index is -0.218. The number of ether oxygens (including phenoxy) is 2. The molecule has 0 aromatic heterocycles. The molecule has 0 heterocycles. The highest BCUT2D eigenvalue weighted by Gasteiger charge is 2.19. The van der Waals surface area contributed by atoms with Crippen molar-refractivity contribution in [1.29, 1.82) is 0 Å². The fraction of sp³-hybridized carbons (Fsp3) is 0.250.